The van der Waals surface area contributed by atoms with Crippen molar-refractivity contribution in [1.82, 2.24) is 0 Å². The maximum Gasteiger partial charge on any atom is 0.332 e. The van der Waals surface area contributed by atoms with Crippen LogP contribution in [-0.2, 0) is 14.3 Å². The van der Waals surface area contributed by atoms with E-state index in [-0.39, 0.29) is 12.6 Å². The van der Waals surface area contributed by atoms with Crippen molar-refractivity contribution in [3.05, 3.63) is 0 Å². The molecule has 0 aliphatic rings. The lowest BCUT2D eigenvalue weighted by molar-refractivity contribution is -0.148. The number of hydrogen-bond donors (Lipinski definition) is 1. The van der Waals surface area contributed by atoms with Crippen LogP contribution < -0.4 is 5.73 Å². The van der Waals surface area contributed by atoms with Gasteiger partial charge in [-0.1, -0.05) is 39.0 Å². The second kappa shape index (κ2) is 12.5. The van der Waals surface area contributed by atoms with Gasteiger partial charge < -0.3 is 15.2 Å². The van der Waals surface area contributed by atoms with Crippen LogP contribution in [0, 0.1) is 0 Å². The molecule has 4 nitrogen and oxygen atoms in total. The van der Waals surface area contributed by atoms with E-state index in [4.69, 9.17) is 15.2 Å². The van der Waals surface area contributed by atoms with Crippen molar-refractivity contribution in [3.63, 3.8) is 0 Å². The minimum absolute atomic E-state index is 0.0209. The first-order chi connectivity index (χ1) is 7.81. The third-order valence-electron chi connectivity index (χ3n) is 2.24. The Bertz CT molecular complexity index is 162. The van der Waals surface area contributed by atoms with E-state index in [2.05, 4.69) is 6.92 Å². The molecule has 0 atom stereocenters. The van der Waals surface area contributed by atoms with Gasteiger partial charge in [-0.3, -0.25) is 0 Å². The van der Waals surface area contributed by atoms with Crippen molar-refractivity contribution in [2.24, 2.45) is 5.73 Å². The van der Waals surface area contributed by atoms with E-state index in [0.29, 0.717) is 19.8 Å². The summed E-state index contributed by atoms with van der Waals surface area (Å²) < 4.78 is 9.95. The van der Waals surface area contributed by atoms with E-state index in [0.717, 1.165) is 12.8 Å². The van der Waals surface area contributed by atoms with Crippen LogP contribution >= 0.6 is 0 Å². The standard InChI is InChI=1S/C12H25NO3/c1-2-3-4-5-6-7-9-16-12(14)11-15-10-8-13/h2-11,13H2,1H3. The van der Waals surface area contributed by atoms with Gasteiger partial charge in [0, 0.05) is 6.54 Å². The summed E-state index contributed by atoms with van der Waals surface area (Å²) in [6.45, 7) is 3.57. The molecule has 0 aromatic rings. The second-order valence-electron chi connectivity index (χ2n) is 3.83. The summed E-state index contributed by atoms with van der Waals surface area (Å²) >= 11 is 0. The molecule has 0 aliphatic carbocycles. The van der Waals surface area contributed by atoms with Gasteiger partial charge in [0.2, 0.25) is 0 Å². The number of carbonyl (C=O) groups is 1. The van der Waals surface area contributed by atoms with Crippen LogP contribution in [0.1, 0.15) is 45.4 Å². The zero-order chi connectivity index (χ0) is 12.1. The van der Waals surface area contributed by atoms with Gasteiger partial charge in [0.1, 0.15) is 6.61 Å². The van der Waals surface area contributed by atoms with Gasteiger partial charge >= 0.3 is 5.97 Å². The number of carbonyl (C=O) groups excluding carboxylic acids is 1. The number of nitrogens with two attached hydrogens (primary N) is 1. The van der Waals surface area contributed by atoms with Crippen molar-refractivity contribution in [2.45, 2.75) is 45.4 Å². The lowest BCUT2D eigenvalue weighted by Gasteiger charge is -2.05. The van der Waals surface area contributed by atoms with Crippen molar-refractivity contribution in [3.8, 4) is 0 Å². The first-order valence-corrected chi connectivity index (χ1v) is 6.24. The third kappa shape index (κ3) is 11.5. The molecule has 0 aliphatic heterocycles. The predicted octanol–water partition coefficient (Wildman–Crippen LogP) is 1.87. The highest BCUT2D eigenvalue weighted by molar-refractivity contribution is 5.70. The molecule has 4 heteroatoms. The molecule has 2 N–H and O–H groups in total. The van der Waals surface area contributed by atoms with Crippen LogP contribution in [0.2, 0.25) is 0 Å². The zero-order valence-electron chi connectivity index (χ0n) is 10.4. The largest absolute Gasteiger partial charge is 0.464 e. The summed E-state index contributed by atoms with van der Waals surface area (Å²) in [7, 11) is 0. The fourth-order valence-corrected chi connectivity index (χ4v) is 1.35. The first kappa shape index (κ1) is 15.4. The van der Waals surface area contributed by atoms with Crippen LogP contribution in [-0.4, -0.2) is 32.3 Å². The van der Waals surface area contributed by atoms with E-state index in [1.54, 1.807) is 0 Å². The number of esters is 1. The van der Waals surface area contributed by atoms with E-state index >= 15 is 0 Å². The lowest BCUT2D eigenvalue weighted by atomic mass is 10.1. The summed E-state index contributed by atoms with van der Waals surface area (Å²) in [6, 6.07) is 0. The fourth-order valence-electron chi connectivity index (χ4n) is 1.35. The van der Waals surface area contributed by atoms with Gasteiger partial charge in [0.15, 0.2) is 0 Å². The van der Waals surface area contributed by atoms with E-state index in [1.807, 2.05) is 0 Å². The summed E-state index contributed by atoms with van der Waals surface area (Å²) in [5.74, 6) is -0.290. The summed E-state index contributed by atoms with van der Waals surface area (Å²) in [5, 5.41) is 0. The Morgan fingerprint density at radius 1 is 1.06 bits per heavy atom. The molecule has 96 valence electrons. The molecule has 0 saturated heterocycles. The Labute approximate surface area is 98.5 Å². The molecular weight excluding hydrogens is 206 g/mol. The molecule has 0 fully saturated rings. The molecule has 0 unspecified atom stereocenters. The van der Waals surface area contributed by atoms with E-state index in [1.165, 1.54) is 25.7 Å². The van der Waals surface area contributed by atoms with Gasteiger partial charge in [0.05, 0.1) is 13.2 Å². The Morgan fingerprint density at radius 3 is 2.44 bits per heavy atom. The number of rotatable bonds is 11. The number of hydrogen-bond acceptors (Lipinski definition) is 4. The van der Waals surface area contributed by atoms with Gasteiger partial charge in [0.25, 0.3) is 0 Å². The zero-order valence-corrected chi connectivity index (χ0v) is 10.4. The van der Waals surface area contributed by atoms with Crippen molar-refractivity contribution < 1.29 is 14.3 Å². The van der Waals surface area contributed by atoms with Gasteiger partial charge in [-0.15, -0.1) is 0 Å². The normalized spacial score (nSPS) is 10.4. The summed E-state index contributed by atoms with van der Waals surface area (Å²) in [6.07, 6.45) is 7.16. The van der Waals surface area contributed by atoms with Crippen LogP contribution in [0.5, 0.6) is 0 Å². The highest BCUT2D eigenvalue weighted by Crippen LogP contribution is 2.04. The van der Waals surface area contributed by atoms with E-state index < -0.39 is 0 Å². The highest BCUT2D eigenvalue weighted by Gasteiger charge is 2.01. The monoisotopic (exact) mass is 231 g/mol. The Morgan fingerprint density at radius 2 is 1.75 bits per heavy atom. The van der Waals surface area contributed by atoms with Crippen molar-refractivity contribution in [2.75, 3.05) is 26.4 Å². The van der Waals surface area contributed by atoms with Gasteiger partial charge in [-0.2, -0.15) is 0 Å². The fraction of sp³-hybridized carbons (Fsp3) is 0.917. The van der Waals surface area contributed by atoms with Gasteiger partial charge in [-0.05, 0) is 6.42 Å². The predicted molar refractivity (Wildman–Crippen MR) is 64.2 cm³/mol. The molecular formula is C12H25NO3. The molecule has 0 bridgehead atoms. The average Bonchev–Trinajstić information content (AvgIpc) is 2.28. The maximum absolute atomic E-state index is 11.1. The quantitative estimate of drug-likeness (QED) is 0.435. The SMILES string of the molecule is CCCCCCCCOC(=O)COCCN. The highest BCUT2D eigenvalue weighted by atomic mass is 16.6. The number of ether oxygens (including phenoxy) is 2. The Balaban J connectivity index is 3.09. The molecule has 0 saturated carbocycles. The van der Waals surface area contributed by atoms with Gasteiger partial charge in [-0.25, -0.2) is 4.79 Å². The number of unbranched alkanes of at least 4 members (excludes halogenated alkanes) is 5. The van der Waals surface area contributed by atoms with Crippen LogP contribution in [0.25, 0.3) is 0 Å². The van der Waals surface area contributed by atoms with Crippen LogP contribution in [0.3, 0.4) is 0 Å². The molecule has 0 aromatic heterocycles. The van der Waals surface area contributed by atoms with Crippen LogP contribution in [0.4, 0.5) is 0 Å². The molecule has 0 rings (SSSR count). The summed E-state index contributed by atoms with van der Waals surface area (Å²) in [5.41, 5.74) is 5.22. The molecule has 0 radical (unpaired) electrons. The topological polar surface area (TPSA) is 61.5 Å². The van der Waals surface area contributed by atoms with E-state index in [9.17, 15) is 4.79 Å². The Kier molecular flexibility index (Phi) is 12.0. The molecule has 0 aromatic carbocycles. The summed E-state index contributed by atoms with van der Waals surface area (Å²) in [4.78, 5) is 11.1. The second-order valence-corrected chi connectivity index (χ2v) is 3.83. The van der Waals surface area contributed by atoms with Crippen molar-refractivity contribution in [1.29, 1.82) is 0 Å². The molecule has 16 heavy (non-hydrogen) atoms. The molecule has 0 heterocycles. The third-order valence-corrected chi connectivity index (χ3v) is 2.24. The van der Waals surface area contributed by atoms with Crippen molar-refractivity contribution >= 4 is 5.97 Å². The minimum Gasteiger partial charge on any atom is -0.464 e. The average molecular weight is 231 g/mol. The first-order valence-electron chi connectivity index (χ1n) is 6.24. The Hall–Kier alpha value is -0.610. The van der Waals surface area contributed by atoms with Crippen LogP contribution in [0.15, 0.2) is 0 Å². The maximum atomic E-state index is 11.1. The lowest BCUT2D eigenvalue weighted by Crippen LogP contribution is -2.17. The smallest absolute Gasteiger partial charge is 0.332 e. The molecule has 0 spiro atoms. The molecule has 0 amide bonds. The minimum atomic E-state index is -0.290.